The summed E-state index contributed by atoms with van der Waals surface area (Å²) in [5, 5.41) is 0. The number of unbranched alkanes of at least 4 members (excludes halogenated alkanes) is 7. The highest BCUT2D eigenvalue weighted by molar-refractivity contribution is 5.93. The third kappa shape index (κ3) is 12.3. The lowest BCUT2D eigenvalue weighted by Gasteiger charge is -2.12. The van der Waals surface area contributed by atoms with Gasteiger partial charge in [-0.25, -0.2) is 14.4 Å². The molecule has 0 bridgehead atoms. The average Bonchev–Trinajstić information content (AvgIpc) is 3.04. The van der Waals surface area contributed by atoms with Crippen LogP contribution in [0.15, 0.2) is 73.3 Å². The first kappa shape index (κ1) is 35.1. The molecule has 0 atom stereocenters. The van der Waals surface area contributed by atoms with Crippen molar-refractivity contribution in [3.63, 3.8) is 0 Å². The lowest BCUT2D eigenvalue weighted by molar-refractivity contribution is -0.137. The first-order valence-electron chi connectivity index (χ1n) is 16.0. The summed E-state index contributed by atoms with van der Waals surface area (Å²) in [6.07, 6.45) is 12.5. The van der Waals surface area contributed by atoms with E-state index in [2.05, 4.69) is 13.5 Å². The number of ether oxygens (including phenoxy) is 4. The third-order valence-electron chi connectivity index (χ3n) is 7.43. The van der Waals surface area contributed by atoms with Gasteiger partial charge in [-0.1, -0.05) is 64.2 Å². The number of carbonyl (C=O) groups excluding carboxylic acids is 3. The van der Waals surface area contributed by atoms with E-state index in [0.29, 0.717) is 60.0 Å². The molecule has 7 heteroatoms. The van der Waals surface area contributed by atoms with E-state index >= 15 is 0 Å². The summed E-state index contributed by atoms with van der Waals surface area (Å²) in [4.78, 5) is 36.7. The van der Waals surface area contributed by atoms with Crippen LogP contribution in [-0.4, -0.2) is 31.1 Å². The van der Waals surface area contributed by atoms with E-state index in [0.717, 1.165) is 18.1 Å². The summed E-state index contributed by atoms with van der Waals surface area (Å²) in [7, 11) is 0. The van der Waals surface area contributed by atoms with Crippen LogP contribution in [0.5, 0.6) is 17.2 Å². The van der Waals surface area contributed by atoms with Crippen molar-refractivity contribution < 1.29 is 33.3 Å². The minimum absolute atomic E-state index is 0.312. The topological polar surface area (TPSA) is 88.1 Å². The van der Waals surface area contributed by atoms with Crippen LogP contribution in [0.1, 0.15) is 102 Å². The van der Waals surface area contributed by atoms with E-state index < -0.39 is 17.9 Å². The molecule has 0 spiro atoms. The Morgan fingerprint density at radius 3 is 1.87 bits per heavy atom. The quantitative estimate of drug-likeness (QED) is 0.0576. The third-order valence-corrected chi connectivity index (χ3v) is 7.43. The van der Waals surface area contributed by atoms with E-state index in [4.69, 9.17) is 18.9 Å². The van der Waals surface area contributed by atoms with Gasteiger partial charge in [-0.05, 0) is 105 Å². The lowest BCUT2D eigenvalue weighted by atomic mass is 10.0. The fourth-order valence-corrected chi connectivity index (χ4v) is 4.78. The van der Waals surface area contributed by atoms with Crippen LogP contribution in [0.4, 0.5) is 0 Å². The Bertz CT molecular complexity index is 1410. The van der Waals surface area contributed by atoms with Crippen molar-refractivity contribution in [1.82, 2.24) is 0 Å². The van der Waals surface area contributed by atoms with Crippen molar-refractivity contribution in [3.8, 4) is 17.2 Å². The zero-order valence-electron chi connectivity index (χ0n) is 26.9. The molecule has 3 rings (SSSR count). The smallest absolute Gasteiger partial charge is 0.343 e. The molecule has 45 heavy (non-hydrogen) atoms. The highest BCUT2D eigenvalue weighted by Gasteiger charge is 2.15. The predicted molar refractivity (Wildman–Crippen MR) is 176 cm³/mol. The van der Waals surface area contributed by atoms with Crippen molar-refractivity contribution in [3.05, 3.63) is 101 Å². The highest BCUT2D eigenvalue weighted by atomic mass is 16.5. The molecular weight excluding hydrogens is 568 g/mol. The molecule has 240 valence electrons. The van der Waals surface area contributed by atoms with Gasteiger partial charge in [0.05, 0.1) is 24.3 Å². The zero-order chi connectivity index (χ0) is 32.4. The Hall–Kier alpha value is -4.39. The van der Waals surface area contributed by atoms with E-state index in [9.17, 15) is 14.4 Å². The number of rotatable bonds is 19. The minimum atomic E-state index is -0.510. The van der Waals surface area contributed by atoms with E-state index in [1.807, 2.05) is 31.2 Å². The first-order valence-corrected chi connectivity index (χ1v) is 16.0. The Labute approximate surface area is 267 Å². The summed E-state index contributed by atoms with van der Waals surface area (Å²) in [6, 6.07) is 17.6. The molecule has 0 saturated heterocycles. The van der Waals surface area contributed by atoms with Crippen LogP contribution >= 0.6 is 0 Å². The molecular formula is C38H46O7. The van der Waals surface area contributed by atoms with Crippen molar-refractivity contribution in [2.75, 3.05) is 13.2 Å². The van der Waals surface area contributed by atoms with Crippen LogP contribution < -0.4 is 14.2 Å². The van der Waals surface area contributed by atoms with Crippen LogP contribution in [0.3, 0.4) is 0 Å². The number of hydrogen-bond donors (Lipinski definition) is 0. The molecule has 3 aromatic carbocycles. The number of carbonyl (C=O) groups is 3. The number of aryl methyl sites for hydroxylation is 3. The summed E-state index contributed by atoms with van der Waals surface area (Å²) in [5.41, 5.74) is 3.43. The second kappa shape index (κ2) is 19.1. The first-order chi connectivity index (χ1) is 21.8. The largest absolute Gasteiger partial charge is 0.493 e. The summed E-state index contributed by atoms with van der Waals surface area (Å²) >= 11 is 0. The summed E-state index contributed by atoms with van der Waals surface area (Å²) in [6.45, 7) is 9.99. The van der Waals surface area contributed by atoms with Crippen LogP contribution in [0.25, 0.3) is 0 Å². The number of hydrogen-bond acceptors (Lipinski definition) is 7. The second-order valence-electron chi connectivity index (χ2n) is 11.2. The Morgan fingerprint density at radius 1 is 0.667 bits per heavy atom. The Morgan fingerprint density at radius 2 is 1.24 bits per heavy atom. The number of benzene rings is 3. The molecule has 7 nitrogen and oxygen atoms in total. The molecule has 0 saturated carbocycles. The van der Waals surface area contributed by atoms with Gasteiger partial charge >= 0.3 is 17.9 Å². The van der Waals surface area contributed by atoms with E-state index in [1.54, 1.807) is 43.3 Å². The molecule has 0 aliphatic heterocycles. The fourth-order valence-electron chi connectivity index (χ4n) is 4.78. The zero-order valence-corrected chi connectivity index (χ0v) is 26.9. The van der Waals surface area contributed by atoms with Gasteiger partial charge in [-0.15, -0.1) is 0 Å². The van der Waals surface area contributed by atoms with E-state index in [-0.39, 0.29) is 0 Å². The molecule has 0 radical (unpaired) electrons. The van der Waals surface area contributed by atoms with Gasteiger partial charge in [0.2, 0.25) is 0 Å². The summed E-state index contributed by atoms with van der Waals surface area (Å²) in [5.74, 6) is 0.0999. The summed E-state index contributed by atoms with van der Waals surface area (Å²) < 4.78 is 22.0. The minimum Gasteiger partial charge on any atom is -0.493 e. The molecule has 0 aliphatic rings. The van der Waals surface area contributed by atoms with Crippen molar-refractivity contribution in [1.29, 1.82) is 0 Å². The lowest BCUT2D eigenvalue weighted by Crippen LogP contribution is -2.12. The molecule has 0 heterocycles. The van der Waals surface area contributed by atoms with Gasteiger partial charge in [0.25, 0.3) is 0 Å². The van der Waals surface area contributed by atoms with Gasteiger partial charge in [0.15, 0.2) is 0 Å². The normalized spacial score (nSPS) is 10.6. The maximum absolute atomic E-state index is 12.9. The molecule has 0 aromatic heterocycles. The SMILES string of the molecule is C=CC(=O)OCCCCOc1ccc(C(=O)Oc2ccc(C(=O)Oc3ccc(CCCCCCCCC)cc3)cc2C)cc1C. The van der Waals surface area contributed by atoms with Crippen molar-refractivity contribution >= 4 is 17.9 Å². The van der Waals surface area contributed by atoms with E-state index in [1.165, 1.54) is 50.5 Å². The molecule has 0 amide bonds. The fraction of sp³-hybridized carbons (Fsp3) is 0.395. The average molecular weight is 615 g/mol. The Balaban J connectivity index is 1.45. The van der Waals surface area contributed by atoms with Gasteiger partial charge in [0, 0.05) is 6.08 Å². The molecule has 3 aromatic rings. The molecule has 0 N–H and O–H groups in total. The molecule has 0 aliphatic carbocycles. The van der Waals surface area contributed by atoms with Crippen LogP contribution in [-0.2, 0) is 16.0 Å². The van der Waals surface area contributed by atoms with Crippen molar-refractivity contribution in [2.24, 2.45) is 0 Å². The van der Waals surface area contributed by atoms with Gasteiger partial charge in [-0.2, -0.15) is 0 Å². The van der Waals surface area contributed by atoms with Crippen LogP contribution in [0, 0.1) is 13.8 Å². The van der Waals surface area contributed by atoms with Gasteiger partial charge in [-0.3, -0.25) is 0 Å². The standard InChI is InChI=1S/C38H46O7/c1-5-7-8-9-10-11-12-15-30-16-20-33(21-17-30)44-37(40)31-19-23-35(29(4)27-31)45-38(41)32-18-22-34(28(3)26-32)42-24-13-14-25-43-36(39)6-2/h6,16-23,26-27H,2,5,7-15,24-25H2,1,3-4H3. The monoisotopic (exact) mass is 614 g/mol. The maximum Gasteiger partial charge on any atom is 0.343 e. The van der Waals surface area contributed by atoms with Gasteiger partial charge < -0.3 is 18.9 Å². The van der Waals surface area contributed by atoms with Gasteiger partial charge in [0.1, 0.15) is 17.2 Å². The predicted octanol–water partition coefficient (Wildman–Crippen LogP) is 8.92. The molecule has 0 fully saturated rings. The maximum atomic E-state index is 12.9. The molecule has 0 unspecified atom stereocenters. The second-order valence-corrected chi connectivity index (χ2v) is 11.2. The van der Waals surface area contributed by atoms with Crippen molar-refractivity contribution in [2.45, 2.75) is 85.0 Å². The highest BCUT2D eigenvalue weighted by Crippen LogP contribution is 2.24. The number of esters is 3. The Kier molecular flexibility index (Phi) is 14.9. The van der Waals surface area contributed by atoms with Crippen LogP contribution in [0.2, 0.25) is 0 Å².